The highest BCUT2D eigenvalue weighted by Crippen LogP contribution is 2.24. The number of amides is 1. The number of hydrogen-bond acceptors (Lipinski definition) is 3. The van der Waals surface area contributed by atoms with E-state index in [2.05, 4.69) is 5.32 Å². The molecule has 3 rings (SSSR count). The van der Waals surface area contributed by atoms with Crippen LogP contribution < -0.4 is 5.32 Å². The van der Waals surface area contributed by atoms with E-state index in [0.717, 1.165) is 30.0 Å². The largest absolute Gasteiger partial charge is 0.336 e. The van der Waals surface area contributed by atoms with Crippen LogP contribution in [0.5, 0.6) is 0 Å². The van der Waals surface area contributed by atoms with Crippen molar-refractivity contribution in [3.8, 4) is 0 Å². The van der Waals surface area contributed by atoms with Gasteiger partial charge in [-0.15, -0.1) is 23.7 Å². The van der Waals surface area contributed by atoms with E-state index in [1.54, 1.807) is 11.3 Å². The first-order valence-corrected chi connectivity index (χ1v) is 7.21. The Labute approximate surface area is 118 Å². The fourth-order valence-electron chi connectivity index (χ4n) is 2.86. The first-order valence-electron chi connectivity index (χ1n) is 6.33. The summed E-state index contributed by atoms with van der Waals surface area (Å²) < 4.78 is 0. The predicted octanol–water partition coefficient (Wildman–Crippen LogP) is 2.44. The number of rotatable bonds is 1. The fraction of sp³-hybridized carbons (Fsp3) is 0.615. The van der Waals surface area contributed by atoms with Gasteiger partial charge in [-0.25, -0.2) is 0 Å². The average Bonchev–Trinajstić information content (AvgIpc) is 2.84. The van der Waals surface area contributed by atoms with Crippen molar-refractivity contribution in [1.82, 2.24) is 10.2 Å². The Morgan fingerprint density at radius 3 is 2.89 bits per heavy atom. The monoisotopic (exact) mass is 286 g/mol. The molecule has 0 aromatic carbocycles. The van der Waals surface area contributed by atoms with E-state index in [-0.39, 0.29) is 18.3 Å². The average molecular weight is 287 g/mol. The molecule has 0 spiro atoms. The summed E-state index contributed by atoms with van der Waals surface area (Å²) in [6.07, 6.45) is 3.61. The Bertz CT molecular complexity index is 434. The molecule has 2 unspecified atom stereocenters. The zero-order valence-corrected chi connectivity index (χ0v) is 12.1. The Kier molecular flexibility index (Phi) is 4.30. The van der Waals surface area contributed by atoms with Crippen LogP contribution in [0.15, 0.2) is 11.4 Å². The Balaban J connectivity index is 0.00000120. The molecule has 5 heteroatoms. The van der Waals surface area contributed by atoms with Gasteiger partial charge in [0.2, 0.25) is 0 Å². The van der Waals surface area contributed by atoms with Gasteiger partial charge < -0.3 is 10.2 Å². The molecule has 3 heterocycles. The number of carbonyl (C=O) groups is 1. The van der Waals surface area contributed by atoms with Gasteiger partial charge in [0.15, 0.2) is 0 Å². The minimum absolute atomic E-state index is 0. The molecule has 3 nitrogen and oxygen atoms in total. The van der Waals surface area contributed by atoms with Gasteiger partial charge in [0.25, 0.3) is 5.91 Å². The zero-order valence-electron chi connectivity index (χ0n) is 10.5. The summed E-state index contributed by atoms with van der Waals surface area (Å²) in [4.78, 5) is 15.4. The van der Waals surface area contributed by atoms with Crippen molar-refractivity contribution in [2.45, 2.75) is 38.3 Å². The molecule has 2 saturated heterocycles. The second-order valence-electron chi connectivity index (χ2n) is 5.11. The smallest absolute Gasteiger partial charge is 0.264 e. The molecule has 2 bridgehead atoms. The van der Waals surface area contributed by atoms with Gasteiger partial charge in [0.05, 0.1) is 4.88 Å². The van der Waals surface area contributed by atoms with Crippen LogP contribution in [0.3, 0.4) is 0 Å². The number of halogens is 1. The molecule has 18 heavy (non-hydrogen) atoms. The third-order valence-electron chi connectivity index (χ3n) is 3.87. The molecule has 2 atom stereocenters. The van der Waals surface area contributed by atoms with Crippen LogP contribution in [-0.2, 0) is 0 Å². The van der Waals surface area contributed by atoms with Gasteiger partial charge in [-0.05, 0) is 43.2 Å². The highest BCUT2D eigenvalue weighted by molar-refractivity contribution is 7.12. The second kappa shape index (κ2) is 5.59. The third-order valence-corrected chi connectivity index (χ3v) is 4.87. The summed E-state index contributed by atoms with van der Waals surface area (Å²) in [6, 6.07) is 3.19. The summed E-state index contributed by atoms with van der Waals surface area (Å²) >= 11 is 1.57. The maximum Gasteiger partial charge on any atom is 0.264 e. The minimum atomic E-state index is 0. The number of likely N-dealkylation sites (tertiary alicyclic amines) is 1. The summed E-state index contributed by atoms with van der Waals surface area (Å²) in [7, 11) is 0. The van der Waals surface area contributed by atoms with Crippen LogP contribution in [0.1, 0.15) is 34.5 Å². The number of aryl methyl sites for hydroxylation is 1. The second-order valence-corrected chi connectivity index (χ2v) is 6.03. The summed E-state index contributed by atoms with van der Waals surface area (Å²) in [5.74, 6) is 0.229. The molecule has 2 aliphatic heterocycles. The minimum Gasteiger partial charge on any atom is -0.336 e. The number of hydrogen-bond donors (Lipinski definition) is 1. The quantitative estimate of drug-likeness (QED) is 0.860. The normalized spacial score (nSPS) is 26.6. The van der Waals surface area contributed by atoms with Crippen molar-refractivity contribution in [3.05, 3.63) is 21.9 Å². The van der Waals surface area contributed by atoms with E-state index in [4.69, 9.17) is 0 Å². The number of nitrogens with one attached hydrogen (secondary N) is 1. The van der Waals surface area contributed by atoms with Crippen LogP contribution >= 0.6 is 23.7 Å². The van der Waals surface area contributed by atoms with E-state index in [9.17, 15) is 4.79 Å². The van der Waals surface area contributed by atoms with Gasteiger partial charge in [-0.2, -0.15) is 0 Å². The van der Waals surface area contributed by atoms with Gasteiger partial charge in [-0.1, -0.05) is 0 Å². The van der Waals surface area contributed by atoms with E-state index in [1.807, 2.05) is 23.3 Å². The van der Waals surface area contributed by atoms with Crippen molar-refractivity contribution >= 4 is 29.7 Å². The lowest BCUT2D eigenvalue weighted by molar-refractivity contribution is 0.0752. The van der Waals surface area contributed by atoms with E-state index < -0.39 is 0 Å². The molecule has 1 aromatic heterocycles. The molecular weight excluding hydrogens is 268 g/mol. The Hall–Kier alpha value is -0.580. The number of nitrogens with zero attached hydrogens (tertiary/aromatic N) is 1. The number of carbonyl (C=O) groups excluding carboxylic acids is 1. The first-order chi connectivity index (χ1) is 8.24. The van der Waals surface area contributed by atoms with Gasteiger partial charge >= 0.3 is 0 Å². The predicted molar refractivity (Wildman–Crippen MR) is 76.8 cm³/mol. The van der Waals surface area contributed by atoms with Crippen molar-refractivity contribution in [3.63, 3.8) is 0 Å². The van der Waals surface area contributed by atoms with Crippen molar-refractivity contribution in [2.24, 2.45) is 0 Å². The molecule has 2 aliphatic rings. The van der Waals surface area contributed by atoms with Crippen LogP contribution in [-0.4, -0.2) is 36.0 Å². The summed E-state index contributed by atoms with van der Waals surface area (Å²) in [5.41, 5.74) is 1.11. The third kappa shape index (κ3) is 2.56. The molecule has 1 N–H and O–H groups in total. The van der Waals surface area contributed by atoms with Crippen LogP contribution in [0.2, 0.25) is 0 Å². The molecule has 1 aromatic rings. The lowest BCUT2D eigenvalue weighted by Crippen LogP contribution is -2.38. The van der Waals surface area contributed by atoms with Crippen molar-refractivity contribution in [1.29, 1.82) is 0 Å². The maximum atomic E-state index is 12.4. The number of thiophene rings is 1. The molecule has 1 amide bonds. The molecule has 0 saturated carbocycles. The van der Waals surface area contributed by atoms with Crippen molar-refractivity contribution < 1.29 is 4.79 Å². The van der Waals surface area contributed by atoms with Gasteiger partial charge in [0, 0.05) is 25.2 Å². The standard InChI is InChI=1S/C13H18N2OS.ClH/c1-9-5-7-17-12(9)13(16)15-6-4-10-2-3-11(8-15)14-10;/h5,7,10-11,14H,2-4,6,8H2,1H3;1H. The molecule has 2 fully saturated rings. The highest BCUT2D eigenvalue weighted by atomic mass is 35.5. The zero-order chi connectivity index (χ0) is 11.8. The lowest BCUT2D eigenvalue weighted by Gasteiger charge is -2.24. The first kappa shape index (κ1) is 13.8. The van der Waals surface area contributed by atoms with Crippen LogP contribution in [0.4, 0.5) is 0 Å². The molecule has 0 radical (unpaired) electrons. The van der Waals surface area contributed by atoms with E-state index in [0.29, 0.717) is 12.1 Å². The van der Waals surface area contributed by atoms with Crippen LogP contribution in [0, 0.1) is 6.92 Å². The SMILES string of the molecule is Cc1ccsc1C(=O)N1CCC2CCC(C1)N2.Cl. The Morgan fingerprint density at radius 1 is 1.39 bits per heavy atom. The summed E-state index contributed by atoms with van der Waals surface area (Å²) in [6.45, 7) is 3.81. The topological polar surface area (TPSA) is 32.3 Å². The Morgan fingerprint density at radius 2 is 2.17 bits per heavy atom. The molecular formula is C13H19ClN2OS. The maximum absolute atomic E-state index is 12.4. The van der Waals surface area contributed by atoms with E-state index >= 15 is 0 Å². The lowest BCUT2D eigenvalue weighted by atomic mass is 10.1. The highest BCUT2D eigenvalue weighted by Gasteiger charge is 2.31. The van der Waals surface area contributed by atoms with Crippen LogP contribution in [0.25, 0.3) is 0 Å². The number of fused-ring (bicyclic) bond motifs is 2. The fourth-order valence-corrected chi connectivity index (χ4v) is 3.76. The van der Waals surface area contributed by atoms with Gasteiger partial charge in [-0.3, -0.25) is 4.79 Å². The van der Waals surface area contributed by atoms with E-state index in [1.165, 1.54) is 12.8 Å². The summed E-state index contributed by atoms with van der Waals surface area (Å²) in [5, 5.41) is 5.61. The molecule has 0 aliphatic carbocycles. The molecule has 100 valence electrons. The van der Waals surface area contributed by atoms with Crippen molar-refractivity contribution in [2.75, 3.05) is 13.1 Å². The van der Waals surface area contributed by atoms with Gasteiger partial charge in [0.1, 0.15) is 0 Å².